The van der Waals surface area contributed by atoms with Crippen LogP contribution in [0.1, 0.15) is 31.2 Å². The SMILES string of the molecule is O=C(CCC1CCNCC1)Nc1ncn(Cc2cccc(Br)c2)n1. The van der Waals surface area contributed by atoms with Crippen LogP contribution in [0.25, 0.3) is 0 Å². The Morgan fingerprint density at radius 3 is 3.00 bits per heavy atom. The maximum absolute atomic E-state index is 12.0. The lowest BCUT2D eigenvalue weighted by atomic mass is 9.93. The molecule has 1 amide bonds. The maximum atomic E-state index is 12.0. The number of nitrogens with one attached hydrogen (secondary N) is 2. The van der Waals surface area contributed by atoms with Crippen molar-refractivity contribution in [3.05, 3.63) is 40.6 Å². The highest BCUT2D eigenvalue weighted by Gasteiger charge is 2.15. The molecule has 1 fully saturated rings. The molecule has 1 saturated heterocycles. The molecule has 0 spiro atoms. The van der Waals surface area contributed by atoms with Crippen molar-refractivity contribution in [3.63, 3.8) is 0 Å². The fourth-order valence-electron chi connectivity index (χ4n) is 2.94. The van der Waals surface area contributed by atoms with Crippen LogP contribution >= 0.6 is 15.9 Å². The van der Waals surface area contributed by atoms with Crippen molar-refractivity contribution in [1.82, 2.24) is 20.1 Å². The molecule has 128 valence electrons. The molecule has 1 aliphatic heterocycles. The second-order valence-electron chi connectivity index (χ2n) is 6.18. The van der Waals surface area contributed by atoms with E-state index in [1.807, 2.05) is 24.3 Å². The third kappa shape index (κ3) is 5.14. The van der Waals surface area contributed by atoms with Gasteiger partial charge in [-0.05, 0) is 56.0 Å². The first-order valence-electron chi connectivity index (χ1n) is 8.33. The van der Waals surface area contributed by atoms with Crippen LogP contribution in [-0.4, -0.2) is 33.8 Å². The molecule has 6 nitrogen and oxygen atoms in total. The highest BCUT2D eigenvalue weighted by molar-refractivity contribution is 9.10. The van der Waals surface area contributed by atoms with Gasteiger partial charge in [0.25, 0.3) is 0 Å². The van der Waals surface area contributed by atoms with E-state index in [1.54, 1.807) is 11.0 Å². The van der Waals surface area contributed by atoms with Gasteiger partial charge in [0.1, 0.15) is 6.33 Å². The zero-order valence-corrected chi connectivity index (χ0v) is 15.1. The Balaban J connectivity index is 1.47. The molecule has 1 aromatic heterocycles. The Kier molecular flexibility index (Phi) is 5.98. The molecular weight excluding hydrogens is 370 g/mol. The Labute approximate surface area is 150 Å². The van der Waals surface area contributed by atoms with Gasteiger partial charge in [0.15, 0.2) is 0 Å². The number of benzene rings is 1. The normalized spacial score (nSPS) is 15.4. The summed E-state index contributed by atoms with van der Waals surface area (Å²) in [5.41, 5.74) is 1.12. The van der Waals surface area contributed by atoms with E-state index >= 15 is 0 Å². The number of hydrogen-bond donors (Lipinski definition) is 2. The molecule has 0 unspecified atom stereocenters. The first-order chi connectivity index (χ1) is 11.7. The maximum Gasteiger partial charge on any atom is 0.248 e. The largest absolute Gasteiger partial charge is 0.317 e. The molecule has 0 aliphatic carbocycles. The summed E-state index contributed by atoms with van der Waals surface area (Å²) in [4.78, 5) is 16.2. The minimum Gasteiger partial charge on any atom is -0.317 e. The predicted octanol–water partition coefficient (Wildman–Crippen LogP) is 2.81. The number of rotatable bonds is 6. The first-order valence-corrected chi connectivity index (χ1v) is 9.13. The Hall–Kier alpha value is -1.73. The molecule has 2 N–H and O–H groups in total. The first kappa shape index (κ1) is 17.1. The number of piperidine rings is 1. The van der Waals surface area contributed by atoms with Crippen LogP contribution in [0, 0.1) is 5.92 Å². The molecule has 24 heavy (non-hydrogen) atoms. The van der Waals surface area contributed by atoms with Gasteiger partial charge in [0.05, 0.1) is 6.54 Å². The lowest BCUT2D eigenvalue weighted by molar-refractivity contribution is -0.116. The number of anilines is 1. The van der Waals surface area contributed by atoms with Crippen molar-refractivity contribution in [2.45, 2.75) is 32.2 Å². The standard InChI is InChI=1S/C17H22BrN5O/c18-15-3-1-2-14(10-15)11-23-12-20-17(22-23)21-16(24)5-4-13-6-8-19-9-7-13/h1-3,10,12-13,19H,4-9,11H2,(H,21,22,24). The summed E-state index contributed by atoms with van der Waals surface area (Å²) in [6.07, 6.45) is 5.43. The number of aromatic nitrogens is 3. The van der Waals surface area contributed by atoms with Crippen LogP contribution in [0.3, 0.4) is 0 Å². The van der Waals surface area contributed by atoms with Gasteiger partial charge in [0, 0.05) is 10.9 Å². The Morgan fingerprint density at radius 1 is 1.38 bits per heavy atom. The summed E-state index contributed by atoms with van der Waals surface area (Å²) < 4.78 is 2.76. The van der Waals surface area contributed by atoms with Crippen LogP contribution in [0.5, 0.6) is 0 Å². The van der Waals surface area contributed by atoms with Gasteiger partial charge in [-0.15, -0.1) is 5.10 Å². The molecule has 2 aromatic rings. The van der Waals surface area contributed by atoms with Crippen molar-refractivity contribution in [3.8, 4) is 0 Å². The van der Waals surface area contributed by atoms with Gasteiger partial charge < -0.3 is 5.32 Å². The predicted molar refractivity (Wildman–Crippen MR) is 96.7 cm³/mol. The zero-order chi connectivity index (χ0) is 16.8. The lowest BCUT2D eigenvalue weighted by Gasteiger charge is -2.21. The average Bonchev–Trinajstić information content (AvgIpc) is 3.01. The van der Waals surface area contributed by atoms with Gasteiger partial charge >= 0.3 is 0 Å². The molecule has 0 saturated carbocycles. The van der Waals surface area contributed by atoms with Crippen molar-refractivity contribution in [1.29, 1.82) is 0 Å². The number of amides is 1. The highest BCUT2D eigenvalue weighted by atomic mass is 79.9. The highest BCUT2D eigenvalue weighted by Crippen LogP contribution is 2.18. The van der Waals surface area contributed by atoms with E-state index in [0.29, 0.717) is 24.8 Å². The lowest BCUT2D eigenvalue weighted by Crippen LogP contribution is -2.28. The van der Waals surface area contributed by atoms with Crippen LogP contribution in [0.2, 0.25) is 0 Å². The van der Waals surface area contributed by atoms with Crippen LogP contribution in [-0.2, 0) is 11.3 Å². The zero-order valence-electron chi connectivity index (χ0n) is 13.5. The molecule has 1 aliphatic rings. The second-order valence-corrected chi connectivity index (χ2v) is 7.09. The van der Waals surface area contributed by atoms with Gasteiger partial charge in [-0.1, -0.05) is 28.1 Å². The summed E-state index contributed by atoms with van der Waals surface area (Å²) in [5, 5.41) is 10.5. The summed E-state index contributed by atoms with van der Waals surface area (Å²) in [6.45, 7) is 2.75. The Bertz CT molecular complexity index is 681. The number of hydrogen-bond acceptors (Lipinski definition) is 4. The molecule has 2 heterocycles. The van der Waals surface area contributed by atoms with Crippen molar-refractivity contribution >= 4 is 27.8 Å². The smallest absolute Gasteiger partial charge is 0.248 e. The summed E-state index contributed by atoms with van der Waals surface area (Å²) in [7, 11) is 0. The molecule has 0 bridgehead atoms. The van der Waals surface area contributed by atoms with Gasteiger partial charge in [-0.25, -0.2) is 9.67 Å². The molecule has 0 atom stereocenters. The third-order valence-corrected chi connectivity index (χ3v) is 4.75. The second kappa shape index (κ2) is 8.39. The van der Waals surface area contributed by atoms with Crippen LogP contribution in [0.15, 0.2) is 35.1 Å². The number of carbonyl (C=O) groups is 1. The van der Waals surface area contributed by atoms with Crippen LogP contribution < -0.4 is 10.6 Å². The monoisotopic (exact) mass is 391 g/mol. The van der Waals surface area contributed by atoms with E-state index in [0.717, 1.165) is 42.4 Å². The van der Waals surface area contributed by atoms with Crippen molar-refractivity contribution in [2.24, 2.45) is 5.92 Å². The fraction of sp³-hybridized carbons (Fsp3) is 0.471. The van der Waals surface area contributed by atoms with Crippen LogP contribution in [0.4, 0.5) is 5.95 Å². The summed E-state index contributed by atoms with van der Waals surface area (Å²) in [5.74, 6) is 1.02. The van der Waals surface area contributed by atoms with Gasteiger partial charge in [-0.3, -0.25) is 10.1 Å². The number of carbonyl (C=O) groups excluding carboxylic acids is 1. The molecule has 3 rings (SSSR count). The minimum absolute atomic E-state index is 0.00580. The molecule has 0 radical (unpaired) electrons. The fourth-order valence-corrected chi connectivity index (χ4v) is 3.39. The van der Waals surface area contributed by atoms with E-state index in [4.69, 9.17) is 0 Å². The summed E-state index contributed by atoms with van der Waals surface area (Å²) in [6, 6.07) is 8.04. The van der Waals surface area contributed by atoms with Crippen molar-refractivity contribution in [2.75, 3.05) is 18.4 Å². The Morgan fingerprint density at radius 2 is 2.21 bits per heavy atom. The molecular formula is C17H22BrN5O. The molecule has 1 aromatic carbocycles. The average molecular weight is 392 g/mol. The van der Waals surface area contributed by atoms with E-state index < -0.39 is 0 Å². The number of nitrogens with zero attached hydrogens (tertiary/aromatic N) is 3. The van der Waals surface area contributed by atoms with Gasteiger partial charge in [0.2, 0.25) is 11.9 Å². The summed E-state index contributed by atoms with van der Waals surface area (Å²) >= 11 is 3.46. The van der Waals surface area contributed by atoms with Crippen molar-refractivity contribution < 1.29 is 4.79 Å². The van der Waals surface area contributed by atoms with E-state index in [2.05, 4.69) is 36.6 Å². The van der Waals surface area contributed by atoms with E-state index in [1.165, 1.54) is 0 Å². The third-order valence-electron chi connectivity index (χ3n) is 4.26. The molecule has 7 heteroatoms. The van der Waals surface area contributed by atoms with E-state index in [9.17, 15) is 4.79 Å². The van der Waals surface area contributed by atoms with E-state index in [-0.39, 0.29) is 5.91 Å². The minimum atomic E-state index is -0.00580. The topological polar surface area (TPSA) is 71.8 Å². The number of halogens is 1. The van der Waals surface area contributed by atoms with Gasteiger partial charge in [-0.2, -0.15) is 0 Å². The quantitative estimate of drug-likeness (QED) is 0.793.